The van der Waals surface area contributed by atoms with Gasteiger partial charge in [0.05, 0.1) is 11.5 Å². The highest BCUT2D eigenvalue weighted by Gasteiger charge is 2.47. The smallest absolute Gasteiger partial charge is 0.0714 e. The Morgan fingerprint density at radius 3 is 1.67 bits per heavy atom. The molecule has 11 rings (SSSR count). The van der Waals surface area contributed by atoms with E-state index in [4.69, 9.17) is 0 Å². The fourth-order valence-corrected chi connectivity index (χ4v) is 11.7. The first-order chi connectivity index (χ1) is 34.0. The van der Waals surface area contributed by atoms with Crippen LogP contribution in [0.5, 0.6) is 0 Å². The number of para-hydroxylation sites is 1. The van der Waals surface area contributed by atoms with Gasteiger partial charge in [-0.2, -0.15) is 0 Å². The Kier molecular flexibility index (Phi) is 11.6. The maximum absolute atomic E-state index is 2.66. The minimum atomic E-state index is -0.582. The van der Waals surface area contributed by atoms with Crippen LogP contribution in [-0.4, -0.2) is 6.04 Å². The van der Waals surface area contributed by atoms with Crippen molar-refractivity contribution in [1.29, 1.82) is 0 Å². The zero-order chi connectivity index (χ0) is 48.0. The van der Waals surface area contributed by atoms with E-state index >= 15 is 0 Å². The summed E-state index contributed by atoms with van der Waals surface area (Å²) in [6.07, 6.45) is 16.1. The molecule has 1 nitrogen and oxygen atoms in total. The Morgan fingerprint density at radius 2 is 1.01 bits per heavy atom. The first kappa shape index (κ1) is 45.0. The minimum Gasteiger partial charge on any atom is -0.333 e. The maximum Gasteiger partial charge on any atom is 0.0714 e. The first-order valence-corrected chi connectivity index (χ1v) is 25.3. The Labute approximate surface area is 416 Å². The highest BCUT2D eigenvalue weighted by Crippen LogP contribution is 2.58. The summed E-state index contributed by atoms with van der Waals surface area (Å²) >= 11 is 0. The van der Waals surface area contributed by atoms with E-state index < -0.39 is 5.41 Å². The molecule has 0 saturated heterocycles. The maximum atomic E-state index is 2.66. The number of rotatable bonds is 9. The molecule has 2 unspecified atom stereocenters. The van der Waals surface area contributed by atoms with Crippen molar-refractivity contribution in [1.82, 2.24) is 0 Å². The van der Waals surface area contributed by atoms with Crippen molar-refractivity contribution in [2.75, 3.05) is 4.90 Å². The van der Waals surface area contributed by atoms with Gasteiger partial charge in [0.15, 0.2) is 0 Å². The molecule has 0 bridgehead atoms. The molecule has 0 spiro atoms. The second kappa shape index (κ2) is 18.1. The Hall–Kier alpha value is -7.48. The van der Waals surface area contributed by atoms with Crippen molar-refractivity contribution in [3.63, 3.8) is 0 Å². The number of allylic oxidation sites excluding steroid dienone is 6. The van der Waals surface area contributed by atoms with E-state index in [-0.39, 0.29) is 22.8 Å². The largest absolute Gasteiger partial charge is 0.333 e. The van der Waals surface area contributed by atoms with E-state index in [0.717, 1.165) is 18.5 Å². The summed E-state index contributed by atoms with van der Waals surface area (Å²) in [6, 6.07) is 75.9. The van der Waals surface area contributed by atoms with E-state index in [1.165, 1.54) is 89.2 Å². The lowest BCUT2D eigenvalue weighted by atomic mass is 9.67. The van der Waals surface area contributed by atoms with Crippen LogP contribution >= 0.6 is 0 Å². The van der Waals surface area contributed by atoms with Crippen LogP contribution in [0.25, 0.3) is 33.4 Å². The molecule has 0 N–H and O–H groups in total. The number of anilines is 2. The predicted molar refractivity (Wildman–Crippen MR) is 298 cm³/mol. The fraction of sp³-hybridized carbons (Fsp3) is 0.188. The van der Waals surface area contributed by atoms with E-state index in [1.807, 2.05) is 0 Å². The molecular formula is C69H63N. The molecule has 0 aromatic heterocycles. The summed E-state index contributed by atoms with van der Waals surface area (Å²) in [7, 11) is 0. The molecule has 2 atom stereocenters. The number of hydrogen-bond acceptors (Lipinski definition) is 1. The molecule has 344 valence electrons. The standard InChI is InChI=1S/C69H63N/c1-67(2,3)50-37-41-52(42-38-50)69(53-43-39-51(40-44-53)68(4,5)6)63-34-20-17-32-60(63)61-46-45-54(47-64(61)69)70(65-35-21-18-28-56(65)49-25-11-8-12-26-49)66-36-22-19-33-62(66)59-31-16-15-30-58(59)57-29-14-13-27-55(57)48-23-9-7-10-24-48/h7-12,14-26,28-47,56,65H,13,27H2,1-6H3. The lowest BCUT2D eigenvalue weighted by Gasteiger charge is -2.40. The topological polar surface area (TPSA) is 3.24 Å². The number of hydrogen-bond donors (Lipinski definition) is 0. The Morgan fingerprint density at radius 1 is 0.471 bits per heavy atom. The fourth-order valence-electron chi connectivity index (χ4n) is 11.7. The zero-order valence-corrected chi connectivity index (χ0v) is 41.5. The SMILES string of the molecule is CC(C)(C)c1ccc(C2(c3ccc(C(C)(C)C)cc3)c3ccccc3-c3ccc(N(c4ccccc4-c4ccccc4C4=C(c5ccccc5)CCC=C4)C4C=CC=CC4c4ccccc4)cc32)cc1. The van der Waals surface area contributed by atoms with Crippen LogP contribution in [-0.2, 0) is 16.2 Å². The van der Waals surface area contributed by atoms with Gasteiger partial charge >= 0.3 is 0 Å². The zero-order valence-electron chi connectivity index (χ0n) is 41.5. The molecule has 1 heteroatoms. The van der Waals surface area contributed by atoms with E-state index in [2.05, 4.69) is 283 Å². The van der Waals surface area contributed by atoms with Gasteiger partial charge in [0.25, 0.3) is 0 Å². The van der Waals surface area contributed by atoms with Crippen LogP contribution in [0.15, 0.2) is 237 Å². The van der Waals surface area contributed by atoms with Crippen molar-refractivity contribution < 1.29 is 0 Å². The molecule has 3 aliphatic rings. The number of fused-ring (bicyclic) bond motifs is 3. The average Bonchev–Trinajstić information content (AvgIpc) is 3.69. The Bertz CT molecular complexity index is 3250. The van der Waals surface area contributed by atoms with Crippen molar-refractivity contribution in [2.45, 2.75) is 82.6 Å². The van der Waals surface area contributed by atoms with Gasteiger partial charge in [0, 0.05) is 22.9 Å². The number of nitrogens with zero attached hydrogens (tertiary/aromatic N) is 1. The molecule has 0 heterocycles. The lowest BCUT2D eigenvalue weighted by molar-refractivity contribution is 0.588. The van der Waals surface area contributed by atoms with Gasteiger partial charge in [-0.15, -0.1) is 0 Å². The van der Waals surface area contributed by atoms with Gasteiger partial charge < -0.3 is 4.90 Å². The van der Waals surface area contributed by atoms with Gasteiger partial charge in [0.1, 0.15) is 0 Å². The van der Waals surface area contributed by atoms with Gasteiger partial charge in [-0.05, 0) is 120 Å². The molecule has 0 saturated carbocycles. The monoisotopic (exact) mass is 905 g/mol. The van der Waals surface area contributed by atoms with E-state index in [1.54, 1.807) is 0 Å². The molecular weight excluding hydrogens is 843 g/mol. The molecule has 8 aromatic carbocycles. The number of benzene rings is 8. The van der Waals surface area contributed by atoms with Gasteiger partial charge in [0.2, 0.25) is 0 Å². The molecule has 3 aliphatic carbocycles. The third-order valence-electron chi connectivity index (χ3n) is 15.2. The van der Waals surface area contributed by atoms with Gasteiger partial charge in [-0.3, -0.25) is 0 Å². The highest BCUT2D eigenvalue weighted by atomic mass is 15.2. The second-order valence-electron chi connectivity index (χ2n) is 21.5. The summed E-state index contributed by atoms with van der Waals surface area (Å²) in [4.78, 5) is 2.66. The summed E-state index contributed by atoms with van der Waals surface area (Å²) in [5, 5.41) is 0. The average molecular weight is 906 g/mol. The molecule has 8 aromatic rings. The van der Waals surface area contributed by atoms with Crippen LogP contribution in [0.2, 0.25) is 0 Å². The van der Waals surface area contributed by atoms with E-state index in [9.17, 15) is 0 Å². The quantitative estimate of drug-likeness (QED) is 0.139. The van der Waals surface area contributed by atoms with Crippen LogP contribution in [0.1, 0.15) is 110 Å². The summed E-state index contributed by atoms with van der Waals surface area (Å²) in [5.41, 5.74) is 21.2. The third-order valence-corrected chi connectivity index (χ3v) is 15.2. The van der Waals surface area contributed by atoms with Crippen LogP contribution < -0.4 is 4.90 Å². The predicted octanol–water partition coefficient (Wildman–Crippen LogP) is 18.0. The van der Waals surface area contributed by atoms with Crippen LogP contribution in [0, 0.1) is 0 Å². The lowest BCUT2D eigenvalue weighted by Crippen LogP contribution is -2.36. The van der Waals surface area contributed by atoms with Crippen LogP contribution in [0.3, 0.4) is 0 Å². The second-order valence-corrected chi connectivity index (χ2v) is 21.5. The first-order valence-electron chi connectivity index (χ1n) is 25.3. The normalized spacial score (nSPS) is 17.1. The Balaban J connectivity index is 1.18. The molecule has 0 radical (unpaired) electrons. The molecule has 0 fully saturated rings. The van der Waals surface area contributed by atoms with Crippen LogP contribution in [0.4, 0.5) is 11.4 Å². The molecule has 70 heavy (non-hydrogen) atoms. The van der Waals surface area contributed by atoms with Crippen molar-refractivity contribution >= 4 is 22.5 Å². The van der Waals surface area contributed by atoms with Gasteiger partial charge in [-0.25, -0.2) is 0 Å². The van der Waals surface area contributed by atoms with E-state index in [0.29, 0.717) is 0 Å². The third kappa shape index (κ3) is 7.92. The highest BCUT2D eigenvalue weighted by molar-refractivity contribution is 6.02. The molecule has 0 aliphatic heterocycles. The van der Waals surface area contributed by atoms with Gasteiger partial charge in [-0.1, -0.05) is 260 Å². The van der Waals surface area contributed by atoms with Crippen molar-refractivity contribution in [3.05, 3.63) is 287 Å². The van der Waals surface area contributed by atoms with Crippen molar-refractivity contribution in [3.8, 4) is 22.3 Å². The van der Waals surface area contributed by atoms with Crippen molar-refractivity contribution in [2.24, 2.45) is 0 Å². The summed E-state index contributed by atoms with van der Waals surface area (Å²) < 4.78 is 0. The summed E-state index contributed by atoms with van der Waals surface area (Å²) in [5.74, 6) is 0.0910. The molecule has 0 amide bonds. The summed E-state index contributed by atoms with van der Waals surface area (Å²) in [6.45, 7) is 13.9. The minimum absolute atomic E-state index is 0.0232.